The van der Waals surface area contributed by atoms with Crippen molar-refractivity contribution in [2.45, 2.75) is 19.3 Å². The molecule has 146 valence electrons. The van der Waals surface area contributed by atoms with E-state index in [1.807, 2.05) is 0 Å². The molecule has 0 spiro atoms. The van der Waals surface area contributed by atoms with Crippen LogP contribution in [0.1, 0.15) is 25.0 Å². The third kappa shape index (κ3) is 2.00. The second kappa shape index (κ2) is 5.74. The molecule has 0 saturated heterocycles. The number of hydrogen-bond donors (Lipinski definition) is 0. The zero-order valence-corrected chi connectivity index (χ0v) is 17.7. The molecule has 0 bridgehead atoms. The molecule has 0 atom stereocenters. The predicted octanol–water partition coefficient (Wildman–Crippen LogP) is 8.61. The Morgan fingerprint density at radius 3 is 0.968 bits per heavy atom. The maximum atomic E-state index is 2.42. The van der Waals surface area contributed by atoms with Crippen LogP contribution in [0.5, 0.6) is 0 Å². The number of benzene rings is 6. The minimum Gasteiger partial charge on any atom is -0.0616 e. The normalized spacial score (nSPS) is 14.4. The molecule has 31 heavy (non-hydrogen) atoms. The van der Waals surface area contributed by atoms with Crippen LogP contribution in [0.3, 0.4) is 0 Å². The van der Waals surface area contributed by atoms with Gasteiger partial charge in [0.25, 0.3) is 0 Å². The Kier molecular flexibility index (Phi) is 3.16. The summed E-state index contributed by atoms with van der Waals surface area (Å²) in [6.07, 6.45) is 0. The van der Waals surface area contributed by atoms with Gasteiger partial charge < -0.3 is 0 Å². The molecule has 0 fully saturated rings. The molecule has 1 aliphatic rings. The molecule has 1 aliphatic carbocycles. The monoisotopic (exact) mass is 394 g/mol. The van der Waals surface area contributed by atoms with Gasteiger partial charge in [0.1, 0.15) is 0 Å². The highest BCUT2D eigenvalue weighted by atomic mass is 14.4. The Labute approximate surface area is 181 Å². The maximum absolute atomic E-state index is 2.42. The fourth-order valence-corrected chi connectivity index (χ4v) is 6.23. The van der Waals surface area contributed by atoms with Crippen molar-refractivity contribution in [1.29, 1.82) is 0 Å². The molecule has 0 aliphatic heterocycles. The van der Waals surface area contributed by atoms with Gasteiger partial charge in [-0.2, -0.15) is 0 Å². The van der Waals surface area contributed by atoms with E-state index in [2.05, 4.69) is 111 Å². The molecule has 0 amide bonds. The van der Waals surface area contributed by atoms with Crippen LogP contribution in [-0.2, 0) is 5.41 Å². The highest BCUT2D eigenvalue weighted by molar-refractivity contribution is 6.25. The summed E-state index contributed by atoms with van der Waals surface area (Å²) in [7, 11) is 0. The molecular formula is C31H22. The standard InChI is InChI=1S/C31H22/c1-31(2)29-25-17-9-5-13-21(25)19-11-3-7-15-23(19)27(29)28-24-16-8-4-12-20(24)22-14-6-10-18-26(22)30(28)31/h3-18H,1-2H3. The predicted molar refractivity (Wildman–Crippen MR) is 134 cm³/mol. The molecule has 0 nitrogen and oxygen atoms in total. The average Bonchev–Trinajstić information content (AvgIpc) is 3.08. The van der Waals surface area contributed by atoms with Crippen LogP contribution in [0.2, 0.25) is 0 Å². The molecule has 0 heterocycles. The van der Waals surface area contributed by atoms with Gasteiger partial charge in [-0.15, -0.1) is 0 Å². The van der Waals surface area contributed by atoms with Gasteiger partial charge in [-0.25, -0.2) is 0 Å². The molecule has 6 aromatic carbocycles. The molecule has 0 heteroatoms. The highest BCUT2D eigenvalue weighted by Crippen LogP contribution is 2.58. The summed E-state index contributed by atoms with van der Waals surface area (Å²) in [4.78, 5) is 0. The van der Waals surface area contributed by atoms with Crippen LogP contribution in [0.25, 0.3) is 54.2 Å². The van der Waals surface area contributed by atoms with Gasteiger partial charge >= 0.3 is 0 Å². The first kappa shape index (κ1) is 17.1. The summed E-state index contributed by atoms with van der Waals surface area (Å²) in [5.41, 5.74) is 5.71. The number of fused-ring (bicyclic) bond motifs is 13. The molecule has 0 aromatic heterocycles. The first-order chi connectivity index (χ1) is 15.2. The zero-order chi connectivity index (χ0) is 20.7. The van der Waals surface area contributed by atoms with E-state index in [0.29, 0.717) is 0 Å². The summed E-state index contributed by atoms with van der Waals surface area (Å²) in [5, 5.41) is 10.9. The lowest BCUT2D eigenvalue weighted by Crippen LogP contribution is -2.16. The van der Waals surface area contributed by atoms with Crippen LogP contribution < -0.4 is 0 Å². The van der Waals surface area contributed by atoms with Gasteiger partial charge in [0.2, 0.25) is 0 Å². The summed E-state index contributed by atoms with van der Waals surface area (Å²) >= 11 is 0. The van der Waals surface area contributed by atoms with E-state index in [1.165, 1.54) is 65.3 Å². The Morgan fingerprint density at radius 1 is 0.355 bits per heavy atom. The Bertz CT molecular complexity index is 1570. The van der Waals surface area contributed by atoms with E-state index in [1.54, 1.807) is 0 Å². The molecule has 0 N–H and O–H groups in total. The second-order valence-electron chi connectivity index (χ2n) is 9.31. The van der Waals surface area contributed by atoms with Crippen LogP contribution in [0, 0.1) is 0 Å². The van der Waals surface area contributed by atoms with Crippen LogP contribution in [0.15, 0.2) is 97.1 Å². The molecule has 7 rings (SSSR count). The number of hydrogen-bond acceptors (Lipinski definition) is 0. The molecule has 0 saturated carbocycles. The van der Waals surface area contributed by atoms with E-state index in [0.717, 1.165) is 0 Å². The van der Waals surface area contributed by atoms with Gasteiger partial charge in [0, 0.05) is 5.41 Å². The fraction of sp³-hybridized carbons (Fsp3) is 0.0968. The summed E-state index contributed by atoms with van der Waals surface area (Å²) in [6.45, 7) is 4.83. The van der Waals surface area contributed by atoms with E-state index >= 15 is 0 Å². The van der Waals surface area contributed by atoms with Crippen molar-refractivity contribution in [2.75, 3.05) is 0 Å². The maximum Gasteiger partial charge on any atom is 0.0171 e. The van der Waals surface area contributed by atoms with Crippen LogP contribution in [0.4, 0.5) is 0 Å². The first-order valence-electron chi connectivity index (χ1n) is 11.1. The van der Waals surface area contributed by atoms with Crippen molar-refractivity contribution in [2.24, 2.45) is 0 Å². The van der Waals surface area contributed by atoms with Crippen molar-refractivity contribution < 1.29 is 0 Å². The topological polar surface area (TPSA) is 0 Å². The minimum absolute atomic E-state index is 0.0854. The highest BCUT2D eigenvalue weighted by Gasteiger charge is 2.40. The van der Waals surface area contributed by atoms with Crippen molar-refractivity contribution in [1.82, 2.24) is 0 Å². The summed E-state index contributed by atoms with van der Waals surface area (Å²) < 4.78 is 0. The lowest BCUT2D eigenvalue weighted by atomic mass is 9.77. The summed E-state index contributed by atoms with van der Waals surface area (Å²) in [6, 6.07) is 35.8. The fourth-order valence-electron chi connectivity index (χ4n) is 6.23. The molecular weight excluding hydrogens is 372 g/mol. The first-order valence-corrected chi connectivity index (χ1v) is 11.1. The van der Waals surface area contributed by atoms with Gasteiger partial charge in [-0.3, -0.25) is 0 Å². The van der Waals surface area contributed by atoms with E-state index < -0.39 is 0 Å². The van der Waals surface area contributed by atoms with Crippen molar-refractivity contribution in [3.63, 3.8) is 0 Å². The van der Waals surface area contributed by atoms with Crippen molar-refractivity contribution in [3.8, 4) is 11.1 Å². The van der Waals surface area contributed by atoms with Gasteiger partial charge in [0.15, 0.2) is 0 Å². The van der Waals surface area contributed by atoms with E-state index in [-0.39, 0.29) is 5.41 Å². The van der Waals surface area contributed by atoms with Crippen LogP contribution in [-0.4, -0.2) is 0 Å². The van der Waals surface area contributed by atoms with Crippen molar-refractivity contribution in [3.05, 3.63) is 108 Å². The van der Waals surface area contributed by atoms with Crippen LogP contribution >= 0.6 is 0 Å². The smallest absolute Gasteiger partial charge is 0.0171 e. The lowest BCUT2D eigenvalue weighted by molar-refractivity contribution is 0.673. The molecule has 0 unspecified atom stereocenters. The second-order valence-corrected chi connectivity index (χ2v) is 9.31. The van der Waals surface area contributed by atoms with Gasteiger partial charge in [-0.1, -0.05) is 111 Å². The van der Waals surface area contributed by atoms with Gasteiger partial charge in [0.05, 0.1) is 0 Å². The minimum atomic E-state index is -0.0854. The quantitative estimate of drug-likeness (QED) is 0.226. The Hall–Kier alpha value is -3.64. The number of rotatable bonds is 0. The third-order valence-corrected chi connectivity index (χ3v) is 7.37. The van der Waals surface area contributed by atoms with Crippen molar-refractivity contribution >= 4 is 43.1 Å². The zero-order valence-electron chi connectivity index (χ0n) is 17.7. The van der Waals surface area contributed by atoms with E-state index in [4.69, 9.17) is 0 Å². The largest absolute Gasteiger partial charge is 0.0616 e. The molecule has 6 aromatic rings. The molecule has 0 radical (unpaired) electrons. The van der Waals surface area contributed by atoms with E-state index in [9.17, 15) is 0 Å². The third-order valence-electron chi connectivity index (χ3n) is 7.37. The average molecular weight is 395 g/mol. The lowest BCUT2D eigenvalue weighted by Gasteiger charge is -2.25. The van der Waals surface area contributed by atoms with Gasteiger partial charge in [-0.05, 0) is 65.3 Å². The SMILES string of the molecule is CC1(C)c2c(c3ccccc3c3ccccc23)-c2c1c1ccccc1c1ccccc21. The Balaban J connectivity index is 1.86. The summed E-state index contributed by atoms with van der Waals surface area (Å²) in [5.74, 6) is 0. The Morgan fingerprint density at radius 2 is 0.613 bits per heavy atom.